The Kier molecular flexibility index (Phi) is 9.11. The summed E-state index contributed by atoms with van der Waals surface area (Å²) in [5.74, 6) is 0.810. The molecule has 5 aliphatic rings. The molecule has 2 heterocycles. The molecule has 2 aliphatic heterocycles. The molecule has 244 valence electrons. The number of rotatable bonds is 9. The smallest absolute Gasteiger partial charge is 0.251 e. The van der Waals surface area contributed by atoms with Crippen molar-refractivity contribution in [1.82, 2.24) is 20.6 Å². The molecule has 45 heavy (non-hydrogen) atoms. The van der Waals surface area contributed by atoms with E-state index in [1.54, 1.807) is 12.0 Å². The maximum absolute atomic E-state index is 14.0. The fourth-order valence-corrected chi connectivity index (χ4v) is 8.65. The Morgan fingerprint density at radius 1 is 1.09 bits per heavy atom. The molecule has 1 unspecified atom stereocenters. The lowest BCUT2D eigenvalue weighted by atomic mass is 9.45. The molecule has 2 saturated heterocycles. The largest absolute Gasteiger partial charge is 0.394 e. The summed E-state index contributed by atoms with van der Waals surface area (Å²) in [4.78, 5) is 35.1. The van der Waals surface area contributed by atoms with Gasteiger partial charge in [0.15, 0.2) is 0 Å². The molecule has 2 bridgehead atoms. The molecule has 0 radical (unpaired) electrons. The Bertz CT molecular complexity index is 1380. The van der Waals surface area contributed by atoms with Crippen molar-refractivity contribution in [2.45, 2.75) is 83.8 Å². The van der Waals surface area contributed by atoms with Crippen molar-refractivity contribution in [3.05, 3.63) is 59.7 Å². The Labute approximate surface area is 267 Å². The van der Waals surface area contributed by atoms with Crippen LogP contribution in [0.5, 0.6) is 0 Å². The number of amides is 2. The van der Waals surface area contributed by atoms with Gasteiger partial charge in [0, 0.05) is 30.1 Å². The Morgan fingerprint density at radius 3 is 2.47 bits per heavy atom. The summed E-state index contributed by atoms with van der Waals surface area (Å²) in [6, 6.07) is 15.2. The first-order valence-electron chi connectivity index (χ1n) is 16.7. The topological polar surface area (TPSA) is 114 Å². The quantitative estimate of drug-likeness (QED) is 0.341. The van der Waals surface area contributed by atoms with Crippen LogP contribution in [0, 0.1) is 29.1 Å². The van der Waals surface area contributed by atoms with Gasteiger partial charge in [0.05, 0.1) is 19.3 Å². The molecule has 0 spiro atoms. The average molecular weight is 619 g/mol. The number of hydrogen-bond acceptors (Lipinski definition) is 7. The summed E-state index contributed by atoms with van der Waals surface area (Å²) < 4.78 is 0. The number of hydrogen-bond donors (Lipinski definition) is 4. The van der Waals surface area contributed by atoms with Crippen LogP contribution in [0.2, 0.25) is 0 Å². The third-order valence-electron chi connectivity index (χ3n) is 11.5. The van der Waals surface area contributed by atoms with E-state index in [1.165, 1.54) is 6.42 Å². The molecule has 2 amide bonds. The number of likely N-dealkylation sites (tertiary alicyclic amines) is 1. The van der Waals surface area contributed by atoms with Gasteiger partial charge in [-0.25, -0.2) is 0 Å². The summed E-state index contributed by atoms with van der Waals surface area (Å²) in [7, 11) is 2.07. The summed E-state index contributed by atoms with van der Waals surface area (Å²) in [5.41, 5.74) is 3.86. The zero-order valence-corrected chi connectivity index (χ0v) is 27.3. The van der Waals surface area contributed by atoms with Crippen LogP contribution in [0.25, 0.3) is 11.1 Å². The van der Waals surface area contributed by atoms with Gasteiger partial charge in [0.2, 0.25) is 5.91 Å². The molecular formula is C36H50N4O5. The second-order valence-corrected chi connectivity index (χ2v) is 14.7. The number of hydroxylamine groups is 2. The molecular weight excluding hydrogens is 568 g/mol. The van der Waals surface area contributed by atoms with Crippen molar-refractivity contribution in [2.75, 3.05) is 26.7 Å². The minimum atomic E-state index is -0.837. The van der Waals surface area contributed by atoms with Crippen molar-refractivity contribution in [3.8, 4) is 11.1 Å². The van der Waals surface area contributed by atoms with Crippen LogP contribution < -0.4 is 10.6 Å². The molecule has 9 atom stereocenters. The molecule has 7 rings (SSSR count). The SMILES string of the molecule is C[C@H](O)[C@@H]1[C@H](CO)ON(Cc2cccc(-c3ccc(C(=O)N[C@@H]4CCN(C)C4)cc3)c2)[C@@H]1C(=O)NC1C[C@@H]2C[C@H]([C@@H]1C)C2(C)C. The number of fused-ring (bicyclic) bond motifs is 2. The number of carbonyl (C=O) groups is 2. The normalized spacial score (nSPS) is 33.4. The average Bonchev–Trinajstić information content (AvgIpc) is 3.60. The lowest BCUT2D eigenvalue weighted by molar-refractivity contribution is -0.183. The third-order valence-corrected chi connectivity index (χ3v) is 11.5. The molecule has 2 aromatic rings. The van der Waals surface area contributed by atoms with E-state index < -0.39 is 24.2 Å². The highest BCUT2D eigenvalue weighted by Crippen LogP contribution is 2.61. The highest BCUT2D eigenvalue weighted by Gasteiger charge is 2.57. The highest BCUT2D eigenvalue weighted by atomic mass is 16.7. The first-order chi connectivity index (χ1) is 21.5. The van der Waals surface area contributed by atoms with Crippen LogP contribution in [0.4, 0.5) is 0 Å². The standard InChI is InChI=1S/C36H50N4O5/c1-21-29-16-27(36(29,3)4)17-30(21)38-35(44)33-32(22(2)42)31(20-41)45-40(33)18-23-7-6-8-26(15-23)24-9-11-25(12-10-24)34(43)37-28-13-14-39(5)19-28/h6-12,15,21-22,27-33,41-42H,13-14,16-20H2,1-5H3,(H,37,43)(H,38,44)/t21-,22-,27-,28+,29+,30?,31-,32+,33-/m0/s1. The van der Waals surface area contributed by atoms with Gasteiger partial charge in [-0.3, -0.25) is 14.4 Å². The van der Waals surface area contributed by atoms with Gasteiger partial charge in [-0.1, -0.05) is 51.1 Å². The lowest BCUT2D eigenvalue weighted by Crippen LogP contribution is -2.62. The van der Waals surface area contributed by atoms with E-state index in [4.69, 9.17) is 4.84 Å². The second-order valence-electron chi connectivity index (χ2n) is 14.7. The molecule has 9 heteroatoms. The summed E-state index contributed by atoms with van der Waals surface area (Å²) in [5, 5.41) is 29.0. The number of likely N-dealkylation sites (N-methyl/N-ethyl adjacent to an activating group) is 1. The zero-order chi connectivity index (χ0) is 32.0. The van der Waals surface area contributed by atoms with Crippen molar-refractivity contribution in [2.24, 2.45) is 29.1 Å². The molecule has 9 nitrogen and oxygen atoms in total. The number of benzene rings is 2. The minimum absolute atomic E-state index is 0.0550. The van der Waals surface area contributed by atoms with Crippen molar-refractivity contribution >= 4 is 11.8 Å². The van der Waals surface area contributed by atoms with E-state index in [-0.39, 0.29) is 30.5 Å². The first-order valence-corrected chi connectivity index (χ1v) is 16.7. The number of aliphatic hydroxyl groups is 2. The van der Waals surface area contributed by atoms with E-state index in [1.807, 2.05) is 42.5 Å². The predicted octanol–water partition coefficient (Wildman–Crippen LogP) is 3.45. The van der Waals surface area contributed by atoms with Gasteiger partial charge in [-0.15, -0.1) is 0 Å². The van der Waals surface area contributed by atoms with Crippen molar-refractivity contribution in [1.29, 1.82) is 0 Å². The van der Waals surface area contributed by atoms with Gasteiger partial charge >= 0.3 is 0 Å². The van der Waals surface area contributed by atoms with E-state index in [9.17, 15) is 19.8 Å². The minimum Gasteiger partial charge on any atom is -0.394 e. The molecule has 0 aromatic heterocycles. The molecule has 3 saturated carbocycles. The van der Waals surface area contributed by atoms with Crippen LogP contribution in [-0.4, -0.2) is 89.1 Å². The highest BCUT2D eigenvalue weighted by molar-refractivity contribution is 5.95. The van der Waals surface area contributed by atoms with E-state index in [0.717, 1.165) is 42.6 Å². The molecule has 5 fully saturated rings. The maximum atomic E-state index is 14.0. The number of nitrogens with one attached hydrogen (secondary N) is 2. The van der Waals surface area contributed by atoms with Crippen LogP contribution >= 0.6 is 0 Å². The fourth-order valence-electron chi connectivity index (χ4n) is 8.65. The number of carbonyl (C=O) groups excluding carboxylic acids is 2. The monoisotopic (exact) mass is 618 g/mol. The lowest BCUT2D eigenvalue weighted by Gasteiger charge is -2.62. The molecule has 3 aliphatic carbocycles. The van der Waals surface area contributed by atoms with Crippen LogP contribution in [0.15, 0.2) is 48.5 Å². The summed E-state index contributed by atoms with van der Waals surface area (Å²) in [6.45, 7) is 10.5. The summed E-state index contributed by atoms with van der Waals surface area (Å²) >= 11 is 0. The van der Waals surface area contributed by atoms with Crippen molar-refractivity contribution < 1.29 is 24.6 Å². The van der Waals surface area contributed by atoms with Gasteiger partial charge in [0.1, 0.15) is 12.1 Å². The van der Waals surface area contributed by atoms with Gasteiger partial charge < -0.3 is 25.7 Å². The Balaban J connectivity index is 1.15. The molecule has 4 N–H and O–H groups in total. The van der Waals surface area contributed by atoms with Crippen LogP contribution in [0.1, 0.15) is 62.9 Å². The number of nitrogens with zero attached hydrogens (tertiary/aromatic N) is 2. The Hall–Kier alpha value is -2.82. The van der Waals surface area contributed by atoms with E-state index in [2.05, 4.69) is 49.4 Å². The van der Waals surface area contributed by atoms with Gasteiger partial charge in [-0.2, -0.15) is 5.06 Å². The van der Waals surface area contributed by atoms with Gasteiger partial charge in [-0.05, 0) is 97.8 Å². The maximum Gasteiger partial charge on any atom is 0.251 e. The van der Waals surface area contributed by atoms with E-state index >= 15 is 0 Å². The zero-order valence-electron chi connectivity index (χ0n) is 27.3. The first kappa shape index (κ1) is 32.1. The predicted molar refractivity (Wildman–Crippen MR) is 173 cm³/mol. The van der Waals surface area contributed by atoms with E-state index in [0.29, 0.717) is 35.3 Å². The number of aliphatic hydroxyl groups excluding tert-OH is 2. The molecule has 2 aromatic carbocycles. The Morgan fingerprint density at radius 2 is 1.84 bits per heavy atom. The fraction of sp³-hybridized carbons (Fsp3) is 0.611. The summed E-state index contributed by atoms with van der Waals surface area (Å²) in [6.07, 6.45) is 1.64. The van der Waals surface area contributed by atoms with Crippen molar-refractivity contribution in [3.63, 3.8) is 0 Å². The van der Waals surface area contributed by atoms with Crippen LogP contribution in [-0.2, 0) is 16.2 Å². The van der Waals surface area contributed by atoms with Crippen LogP contribution in [0.3, 0.4) is 0 Å². The van der Waals surface area contributed by atoms with Gasteiger partial charge in [0.25, 0.3) is 5.91 Å². The second kappa shape index (κ2) is 12.8. The third kappa shape index (κ3) is 6.30.